The molecule has 1 aliphatic heterocycles. The average Bonchev–Trinajstić information content (AvgIpc) is 3.37. The Hall–Kier alpha value is -3.76. The molecule has 7 nitrogen and oxygen atoms in total. The summed E-state index contributed by atoms with van der Waals surface area (Å²) < 4.78 is 11.4. The highest BCUT2D eigenvalue weighted by molar-refractivity contribution is 5.82. The van der Waals surface area contributed by atoms with Crippen molar-refractivity contribution in [2.75, 3.05) is 5.32 Å². The molecule has 0 saturated heterocycles. The molecule has 32 heavy (non-hydrogen) atoms. The van der Waals surface area contributed by atoms with Gasteiger partial charge in [0.15, 0.2) is 0 Å². The number of benzene rings is 1. The number of carbonyl (C=O) groups is 1. The Morgan fingerprint density at radius 1 is 1.28 bits per heavy atom. The zero-order chi connectivity index (χ0) is 23.0. The Morgan fingerprint density at radius 3 is 2.59 bits per heavy atom. The fourth-order valence-electron chi connectivity index (χ4n) is 5.40. The number of fused-ring (bicyclic) bond motifs is 2. The number of nitrogens with zero attached hydrogens (tertiary/aromatic N) is 3. The molecule has 2 saturated carbocycles. The molecule has 2 bridgehead atoms. The molecule has 0 aromatic heterocycles. The third kappa shape index (κ3) is 3.59. The molecule has 3 aliphatic rings. The van der Waals surface area contributed by atoms with E-state index in [1.165, 1.54) is 6.92 Å². The largest absolute Gasteiger partial charge is 0.505 e. The molecule has 1 heterocycles. The lowest BCUT2D eigenvalue weighted by molar-refractivity contribution is -0.148. The second-order valence-electron chi connectivity index (χ2n) is 8.98. The number of hydrogen-bond donors (Lipinski definition) is 1. The summed E-state index contributed by atoms with van der Waals surface area (Å²) in [6, 6.07) is 9.92. The first-order valence-electron chi connectivity index (χ1n) is 10.7. The number of allylic oxidation sites excluding steroid dienone is 1. The van der Waals surface area contributed by atoms with Gasteiger partial charge in [-0.25, -0.2) is 15.0 Å². The fraction of sp³-hybridized carbons (Fsp3) is 0.440. The molecule has 1 aromatic carbocycles. The number of esters is 1. The van der Waals surface area contributed by atoms with Gasteiger partial charge in [0, 0.05) is 30.1 Å². The lowest BCUT2D eigenvalue weighted by Gasteiger charge is -2.25. The topological polar surface area (TPSA) is 80.1 Å². The van der Waals surface area contributed by atoms with Crippen molar-refractivity contribution >= 4 is 17.2 Å². The van der Waals surface area contributed by atoms with Crippen molar-refractivity contribution < 1.29 is 14.3 Å². The van der Waals surface area contributed by atoms with E-state index in [9.17, 15) is 10.1 Å². The van der Waals surface area contributed by atoms with Crippen LogP contribution in [-0.4, -0.2) is 23.7 Å². The fourth-order valence-corrected chi connectivity index (χ4v) is 5.40. The van der Waals surface area contributed by atoms with Crippen LogP contribution in [0.25, 0.3) is 15.3 Å². The summed E-state index contributed by atoms with van der Waals surface area (Å²) in [5, 5.41) is 12.9. The summed E-state index contributed by atoms with van der Waals surface area (Å²) >= 11 is 0. The number of nitrogens with one attached hydrogen (secondary N) is 1. The van der Waals surface area contributed by atoms with Gasteiger partial charge in [-0.05, 0) is 56.7 Å². The lowest BCUT2D eigenvalue weighted by Crippen LogP contribution is -2.29. The highest BCUT2D eigenvalue weighted by atomic mass is 16.5. The van der Waals surface area contributed by atoms with E-state index in [4.69, 9.17) is 22.6 Å². The molecular formula is C25H24N4O3. The maximum atomic E-state index is 11.4. The Morgan fingerprint density at radius 2 is 2.00 bits per heavy atom. The normalized spacial score (nSPS) is 28.9. The predicted octanol–water partition coefficient (Wildman–Crippen LogP) is 4.92. The number of carbonyl (C=O) groups excluding carboxylic acids is 1. The van der Waals surface area contributed by atoms with Gasteiger partial charge in [0.25, 0.3) is 5.70 Å². The summed E-state index contributed by atoms with van der Waals surface area (Å²) in [7, 11) is 0. The van der Waals surface area contributed by atoms with Gasteiger partial charge in [0.2, 0.25) is 5.70 Å². The summed E-state index contributed by atoms with van der Waals surface area (Å²) in [5.41, 5.74) is 1.61. The lowest BCUT2D eigenvalue weighted by atomic mass is 9.91. The smallest absolute Gasteiger partial charge is 0.302 e. The second-order valence-corrected chi connectivity index (χ2v) is 8.98. The quantitative estimate of drug-likeness (QED) is 0.418. The molecule has 7 heteroatoms. The predicted molar refractivity (Wildman–Crippen MR) is 118 cm³/mol. The van der Waals surface area contributed by atoms with Gasteiger partial charge >= 0.3 is 5.97 Å². The summed E-state index contributed by atoms with van der Waals surface area (Å²) in [4.78, 5) is 18.2. The van der Waals surface area contributed by atoms with Gasteiger partial charge < -0.3 is 14.8 Å². The standard InChI is InChI=1S/C25H24N4O3/c1-14(30)31-20-12-16-8-11-18(20)22(16)29-17-9-6-15(7-10-17)21-23(28-5)24(19(13-26)27-4)32-25(21,2)3/h6-7,9-10,16,18,20,22,29H,8,11-12H2,1-3H3. The highest BCUT2D eigenvalue weighted by Crippen LogP contribution is 2.48. The van der Waals surface area contributed by atoms with E-state index < -0.39 is 5.60 Å². The van der Waals surface area contributed by atoms with Crippen LogP contribution in [0.4, 0.5) is 5.69 Å². The van der Waals surface area contributed by atoms with Crippen LogP contribution in [0.15, 0.2) is 41.4 Å². The monoisotopic (exact) mass is 428 g/mol. The van der Waals surface area contributed by atoms with Crippen LogP contribution in [0.5, 0.6) is 0 Å². The number of nitriles is 1. The minimum Gasteiger partial charge on any atom is -0.505 e. The molecule has 1 N–H and O–H groups in total. The Balaban J connectivity index is 1.59. The van der Waals surface area contributed by atoms with Crippen molar-refractivity contribution in [3.05, 3.63) is 69.8 Å². The summed E-state index contributed by atoms with van der Waals surface area (Å²) in [5.74, 6) is 0.655. The Kier molecular flexibility index (Phi) is 5.41. The highest BCUT2D eigenvalue weighted by Gasteiger charge is 2.49. The van der Waals surface area contributed by atoms with Gasteiger partial charge in [-0.3, -0.25) is 4.79 Å². The van der Waals surface area contributed by atoms with Crippen molar-refractivity contribution in [2.45, 2.75) is 57.8 Å². The summed E-state index contributed by atoms with van der Waals surface area (Å²) in [6.07, 6.45) is 3.10. The zero-order valence-electron chi connectivity index (χ0n) is 18.3. The summed E-state index contributed by atoms with van der Waals surface area (Å²) in [6.45, 7) is 20.0. The van der Waals surface area contributed by atoms with E-state index in [-0.39, 0.29) is 35.3 Å². The van der Waals surface area contributed by atoms with Crippen molar-refractivity contribution in [1.29, 1.82) is 5.26 Å². The van der Waals surface area contributed by atoms with E-state index in [0.717, 1.165) is 30.5 Å². The van der Waals surface area contributed by atoms with Gasteiger partial charge in [0.1, 0.15) is 17.5 Å². The van der Waals surface area contributed by atoms with Gasteiger partial charge in [-0.1, -0.05) is 12.1 Å². The van der Waals surface area contributed by atoms with Crippen LogP contribution < -0.4 is 5.32 Å². The number of rotatable bonds is 4. The number of hydrogen-bond acceptors (Lipinski definition) is 5. The first-order chi connectivity index (χ1) is 15.3. The van der Waals surface area contributed by atoms with Crippen LogP contribution >= 0.6 is 0 Å². The first kappa shape index (κ1) is 21.5. The first-order valence-corrected chi connectivity index (χ1v) is 10.7. The molecule has 1 aromatic rings. The van der Waals surface area contributed by atoms with Crippen LogP contribution in [0.2, 0.25) is 0 Å². The molecule has 0 spiro atoms. The molecule has 4 rings (SSSR count). The van der Waals surface area contributed by atoms with Crippen molar-refractivity contribution in [3.8, 4) is 6.07 Å². The molecule has 0 radical (unpaired) electrons. The maximum absolute atomic E-state index is 11.4. The van der Waals surface area contributed by atoms with Crippen LogP contribution in [0, 0.1) is 36.3 Å². The molecule has 2 aliphatic carbocycles. The third-order valence-corrected chi connectivity index (χ3v) is 6.63. The molecule has 2 fully saturated rings. The van der Waals surface area contributed by atoms with E-state index >= 15 is 0 Å². The third-order valence-electron chi connectivity index (χ3n) is 6.63. The van der Waals surface area contributed by atoms with Crippen molar-refractivity contribution in [3.63, 3.8) is 0 Å². The maximum Gasteiger partial charge on any atom is 0.302 e. The van der Waals surface area contributed by atoms with Crippen molar-refractivity contribution in [2.24, 2.45) is 11.8 Å². The minimum atomic E-state index is -0.835. The van der Waals surface area contributed by atoms with Gasteiger partial charge in [0.05, 0.1) is 19.2 Å². The van der Waals surface area contributed by atoms with E-state index in [2.05, 4.69) is 15.0 Å². The molecule has 4 atom stereocenters. The SMILES string of the molecule is [C-]#[N+]C(C#N)=C1OC(C)(C)C(c2ccc(NC3C4CCC3C(OC(C)=O)C4)cc2)=C1[N+]#[C-]. The van der Waals surface area contributed by atoms with Crippen LogP contribution in [0.1, 0.15) is 45.6 Å². The average molecular weight is 428 g/mol. The van der Waals surface area contributed by atoms with Gasteiger partial charge in [-0.2, -0.15) is 0 Å². The number of ether oxygens (including phenoxy) is 2. The van der Waals surface area contributed by atoms with Crippen LogP contribution in [0.3, 0.4) is 0 Å². The Bertz CT molecular complexity index is 1130. The van der Waals surface area contributed by atoms with E-state index in [1.54, 1.807) is 0 Å². The molecule has 4 unspecified atom stereocenters. The second kappa shape index (κ2) is 8.06. The minimum absolute atomic E-state index is 0.00664. The molecule has 162 valence electrons. The zero-order valence-corrected chi connectivity index (χ0v) is 18.3. The molecular weight excluding hydrogens is 404 g/mol. The van der Waals surface area contributed by atoms with E-state index in [1.807, 2.05) is 44.2 Å². The van der Waals surface area contributed by atoms with Gasteiger partial charge in [-0.15, -0.1) is 0 Å². The Labute approximate surface area is 188 Å². The molecule has 0 amide bonds. The van der Waals surface area contributed by atoms with Crippen molar-refractivity contribution in [1.82, 2.24) is 0 Å². The van der Waals surface area contributed by atoms with Crippen LogP contribution in [-0.2, 0) is 14.3 Å². The number of anilines is 1. The van der Waals surface area contributed by atoms with E-state index in [0.29, 0.717) is 17.4 Å².